The summed E-state index contributed by atoms with van der Waals surface area (Å²) in [6.45, 7) is 2.06. The summed E-state index contributed by atoms with van der Waals surface area (Å²) in [6.07, 6.45) is 4.09. The fraction of sp³-hybridized carbons (Fsp3) is 0.400. The van der Waals surface area contributed by atoms with E-state index >= 15 is 0 Å². The number of benzene rings is 1. The van der Waals surface area contributed by atoms with Crippen molar-refractivity contribution in [1.29, 1.82) is 5.26 Å². The van der Waals surface area contributed by atoms with Gasteiger partial charge >= 0.3 is 0 Å². The van der Waals surface area contributed by atoms with Gasteiger partial charge in [0.1, 0.15) is 11.9 Å². The van der Waals surface area contributed by atoms with Gasteiger partial charge in [-0.15, -0.1) is 0 Å². The van der Waals surface area contributed by atoms with Crippen molar-refractivity contribution in [2.24, 2.45) is 5.92 Å². The van der Waals surface area contributed by atoms with E-state index in [1.54, 1.807) is 0 Å². The zero-order valence-corrected chi connectivity index (χ0v) is 14.1. The van der Waals surface area contributed by atoms with Gasteiger partial charge in [-0.05, 0) is 48.9 Å². The fourth-order valence-corrected chi connectivity index (χ4v) is 4.57. The molecule has 3 heterocycles. The monoisotopic (exact) mass is 332 g/mol. The van der Waals surface area contributed by atoms with Crippen LogP contribution < -0.4 is 4.90 Å². The van der Waals surface area contributed by atoms with Crippen LogP contribution in [-0.2, 0) is 12.8 Å². The number of imidazole rings is 1. The zero-order chi connectivity index (χ0) is 17.0. The van der Waals surface area contributed by atoms with E-state index in [1.807, 2.05) is 18.2 Å². The molecule has 0 spiro atoms. The van der Waals surface area contributed by atoms with Gasteiger partial charge in [0.25, 0.3) is 0 Å². The summed E-state index contributed by atoms with van der Waals surface area (Å²) in [6, 6.07) is 10.5. The quantitative estimate of drug-likeness (QED) is 0.783. The van der Waals surface area contributed by atoms with Crippen LogP contribution in [0.5, 0.6) is 0 Å². The summed E-state index contributed by atoms with van der Waals surface area (Å²) in [4.78, 5) is 7.20. The third kappa shape index (κ3) is 2.01. The predicted octanol–water partition coefficient (Wildman–Crippen LogP) is 2.67. The summed E-state index contributed by atoms with van der Waals surface area (Å²) < 4.78 is 2.19. The van der Waals surface area contributed by atoms with Crippen molar-refractivity contribution >= 4 is 22.5 Å². The van der Waals surface area contributed by atoms with Crippen LogP contribution in [0.3, 0.4) is 0 Å². The molecule has 5 rings (SSSR count). The van der Waals surface area contributed by atoms with Crippen LogP contribution in [0, 0.1) is 17.2 Å². The molecule has 1 saturated heterocycles. The number of aliphatic hydroxyl groups excluding tert-OH is 1. The van der Waals surface area contributed by atoms with Crippen LogP contribution >= 0.6 is 0 Å². The molecule has 1 aliphatic carbocycles. The molecule has 0 radical (unpaired) electrons. The Labute approximate surface area is 146 Å². The predicted molar refractivity (Wildman–Crippen MR) is 96.8 cm³/mol. The number of nitrogens with zero attached hydrogens (tertiary/aromatic N) is 4. The highest BCUT2D eigenvalue weighted by Gasteiger charge is 2.31. The van der Waals surface area contributed by atoms with Crippen LogP contribution in [0.1, 0.15) is 29.5 Å². The molecule has 2 aromatic heterocycles. The number of pyridine rings is 1. The molecule has 126 valence electrons. The van der Waals surface area contributed by atoms with Gasteiger partial charge in [0.05, 0.1) is 16.6 Å². The highest BCUT2D eigenvalue weighted by atomic mass is 16.3. The lowest BCUT2D eigenvalue weighted by Gasteiger charge is -2.24. The molecule has 1 unspecified atom stereocenters. The van der Waals surface area contributed by atoms with Gasteiger partial charge in [-0.1, -0.05) is 12.1 Å². The highest BCUT2D eigenvalue weighted by molar-refractivity contribution is 5.86. The standard InChI is InChI=1S/C20H20N4O/c21-10-16-14-4-3-5-15(14)20(23-9-8-13(11-23)12-25)24-18-7-2-1-6-17(18)22-19(16)24/h1-2,6-7,13,25H,3-5,8-9,11-12H2. The molecule has 5 nitrogen and oxygen atoms in total. The van der Waals surface area contributed by atoms with Crippen LogP contribution in [0.4, 0.5) is 5.82 Å². The number of nitriles is 1. The molecule has 25 heavy (non-hydrogen) atoms. The number of para-hydroxylation sites is 2. The van der Waals surface area contributed by atoms with Crippen LogP contribution in [0.25, 0.3) is 16.7 Å². The number of fused-ring (bicyclic) bond motifs is 4. The normalized spacial score (nSPS) is 19.7. The maximum Gasteiger partial charge on any atom is 0.157 e. The summed E-state index contributed by atoms with van der Waals surface area (Å²) in [5, 5.41) is 19.4. The van der Waals surface area contributed by atoms with Crippen molar-refractivity contribution in [1.82, 2.24) is 9.38 Å². The van der Waals surface area contributed by atoms with Gasteiger partial charge in [0.2, 0.25) is 0 Å². The first-order valence-electron chi connectivity index (χ1n) is 9.02. The summed E-state index contributed by atoms with van der Waals surface area (Å²) in [5.41, 5.74) is 6.02. The van der Waals surface area contributed by atoms with Gasteiger partial charge in [-0.25, -0.2) is 4.98 Å². The smallest absolute Gasteiger partial charge is 0.157 e. The number of hydrogen-bond donors (Lipinski definition) is 1. The summed E-state index contributed by atoms with van der Waals surface area (Å²) in [7, 11) is 0. The molecule has 1 aromatic carbocycles. The van der Waals surface area contributed by atoms with Crippen LogP contribution in [0.15, 0.2) is 24.3 Å². The molecular weight excluding hydrogens is 312 g/mol. The SMILES string of the molecule is N#Cc1c2c(c(N3CCC(CO)C3)n3c1nc1ccccc13)CCC2. The van der Waals surface area contributed by atoms with Gasteiger partial charge in [-0.3, -0.25) is 4.40 Å². The molecule has 0 saturated carbocycles. The van der Waals surface area contributed by atoms with E-state index in [9.17, 15) is 10.4 Å². The van der Waals surface area contributed by atoms with Crippen molar-refractivity contribution in [2.75, 3.05) is 24.6 Å². The molecule has 3 aromatic rings. The topological polar surface area (TPSA) is 64.6 Å². The lowest BCUT2D eigenvalue weighted by Crippen LogP contribution is -2.25. The Balaban J connectivity index is 1.88. The first-order chi connectivity index (χ1) is 12.3. The van der Waals surface area contributed by atoms with Crippen LogP contribution in [0.2, 0.25) is 0 Å². The van der Waals surface area contributed by atoms with Gasteiger partial charge in [-0.2, -0.15) is 5.26 Å². The number of aliphatic hydroxyl groups is 1. The fourth-order valence-electron chi connectivity index (χ4n) is 4.57. The second-order valence-electron chi connectivity index (χ2n) is 7.16. The molecule has 1 atom stereocenters. The Morgan fingerprint density at radius 3 is 2.88 bits per heavy atom. The first kappa shape index (κ1) is 14.7. The Hall–Kier alpha value is -2.58. The average molecular weight is 332 g/mol. The van der Waals surface area contributed by atoms with E-state index < -0.39 is 0 Å². The average Bonchev–Trinajstić information content (AvgIpc) is 3.37. The lowest BCUT2D eigenvalue weighted by atomic mass is 10.1. The third-order valence-electron chi connectivity index (χ3n) is 5.74. The van der Waals surface area contributed by atoms with Crippen molar-refractivity contribution in [3.63, 3.8) is 0 Å². The van der Waals surface area contributed by atoms with E-state index in [1.165, 1.54) is 16.9 Å². The molecule has 0 amide bonds. The Morgan fingerprint density at radius 2 is 2.08 bits per heavy atom. The summed E-state index contributed by atoms with van der Waals surface area (Å²) in [5.74, 6) is 1.53. The third-order valence-corrected chi connectivity index (χ3v) is 5.74. The lowest BCUT2D eigenvalue weighted by molar-refractivity contribution is 0.238. The zero-order valence-electron chi connectivity index (χ0n) is 14.1. The molecular formula is C20H20N4O. The Kier molecular flexibility index (Phi) is 3.22. The molecule has 5 heteroatoms. The molecule has 2 aliphatic rings. The minimum Gasteiger partial charge on any atom is -0.396 e. The van der Waals surface area contributed by atoms with E-state index in [4.69, 9.17) is 4.98 Å². The van der Waals surface area contributed by atoms with Gasteiger partial charge < -0.3 is 10.0 Å². The van der Waals surface area contributed by atoms with Gasteiger partial charge in [0.15, 0.2) is 5.65 Å². The van der Waals surface area contributed by atoms with Gasteiger partial charge in [0, 0.05) is 25.6 Å². The molecule has 0 bridgehead atoms. The molecule has 1 fully saturated rings. The minimum absolute atomic E-state index is 0.239. The first-order valence-corrected chi connectivity index (χ1v) is 9.02. The molecule has 1 N–H and O–H groups in total. The Morgan fingerprint density at radius 1 is 1.24 bits per heavy atom. The van der Waals surface area contributed by atoms with Crippen molar-refractivity contribution < 1.29 is 5.11 Å². The van der Waals surface area contributed by atoms with Crippen molar-refractivity contribution in [3.8, 4) is 6.07 Å². The second kappa shape index (κ2) is 5.47. The van der Waals surface area contributed by atoms with E-state index in [-0.39, 0.29) is 6.61 Å². The number of hydrogen-bond acceptors (Lipinski definition) is 4. The Bertz CT molecular complexity index is 1030. The van der Waals surface area contributed by atoms with Crippen LogP contribution in [-0.4, -0.2) is 34.2 Å². The van der Waals surface area contributed by atoms with E-state index in [2.05, 4.69) is 21.4 Å². The van der Waals surface area contributed by atoms with Crippen molar-refractivity contribution in [3.05, 3.63) is 41.0 Å². The maximum atomic E-state index is 9.81. The molecule has 1 aliphatic heterocycles. The largest absolute Gasteiger partial charge is 0.396 e. The summed E-state index contributed by atoms with van der Waals surface area (Å²) >= 11 is 0. The number of anilines is 1. The van der Waals surface area contributed by atoms with E-state index in [0.29, 0.717) is 5.92 Å². The number of rotatable bonds is 2. The van der Waals surface area contributed by atoms with E-state index in [0.717, 1.165) is 61.0 Å². The van der Waals surface area contributed by atoms with Crippen molar-refractivity contribution in [2.45, 2.75) is 25.7 Å². The second-order valence-corrected chi connectivity index (χ2v) is 7.16. The maximum absolute atomic E-state index is 9.81. The number of aromatic nitrogens is 2. The minimum atomic E-state index is 0.239. The highest BCUT2D eigenvalue weighted by Crippen LogP contribution is 2.39.